The number of nitrogens with one attached hydrogen (secondary N) is 1. The summed E-state index contributed by atoms with van der Waals surface area (Å²) in [4.78, 5) is 0. The molecule has 2 aromatic carbocycles. The van der Waals surface area contributed by atoms with Crippen LogP contribution in [-0.2, 0) is 6.54 Å². The van der Waals surface area contributed by atoms with Gasteiger partial charge in [0.1, 0.15) is 11.6 Å². The molecule has 0 aliphatic rings. The van der Waals surface area contributed by atoms with E-state index in [1.54, 1.807) is 6.07 Å². The number of anilines is 1. The fourth-order valence-corrected chi connectivity index (χ4v) is 2.03. The number of rotatable bonds is 6. The molecule has 0 radical (unpaired) electrons. The van der Waals surface area contributed by atoms with Gasteiger partial charge in [-0.2, -0.15) is 0 Å². The van der Waals surface area contributed by atoms with E-state index in [0.29, 0.717) is 12.1 Å². The first kappa shape index (κ1) is 15.4. The average molecular weight is 287 g/mol. The number of halogens is 1. The van der Waals surface area contributed by atoms with Gasteiger partial charge in [-0.05, 0) is 38.5 Å². The molecular weight excluding hydrogens is 265 g/mol. The zero-order valence-corrected chi connectivity index (χ0v) is 12.8. The topological polar surface area (TPSA) is 21.3 Å². The molecule has 2 nitrogen and oxygen atoms in total. The molecule has 0 spiro atoms. The van der Waals surface area contributed by atoms with Crippen LogP contribution in [0.5, 0.6) is 5.75 Å². The molecule has 21 heavy (non-hydrogen) atoms. The summed E-state index contributed by atoms with van der Waals surface area (Å²) < 4.78 is 19.5. The Bertz CT molecular complexity index is 598. The first-order valence-electron chi connectivity index (χ1n) is 7.34. The molecule has 1 N–H and O–H groups in total. The Hall–Kier alpha value is -2.03. The van der Waals surface area contributed by atoms with Crippen LogP contribution in [0.15, 0.2) is 42.5 Å². The van der Waals surface area contributed by atoms with E-state index in [1.807, 2.05) is 44.2 Å². The van der Waals surface area contributed by atoms with Gasteiger partial charge >= 0.3 is 0 Å². The summed E-state index contributed by atoms with van der Waals surface area (Å²) >= 11 is 0. The number of hydrogen-bond donors (Lipinski definition) is 1. The van der Waals surface area contributed by atoms with Gasteiger partial charge in [0, 0.05) is 23.9 Å². The third-order valence-electron chi connectivity index (χ3n) is 3.43. The molecule has 0 heterocycles. The molecule has 0 amide bonds. The third kappa shape index (κ3) is 4.48. The molecule has 0 fully saturated rings. The van der Waals surface area contributed by atoms with Crippen molar-refractivity contribution in [2.45, 2.75) is 39.8 Å². The van der Waals surface area contributed by atoms with Crippen molar-refractivity contribution in [1.82, 2.24) is 0 Å². The molecular formula is C18H22FNO. The molecule has 0 bridgehead atoms. The van der Waals surface area contributed by atoms with Gasteiger partial charge < -0.3 is 10.1 Å². The van der Waals surface area contributed by atoms with E-state index in [-0.39, 0.29) is 11.9 Å². The lowest BCUT2D eigenvalue weighted by Crippen LogP contribution is -2.10. The van der Waals surface area contributed by atoms with Crippen molar-refractivity contribution in [3.8, 4) is 5.75 Å². The summed E-state index contributed by atoms with van der Waals surface area (Å²) in [7, 11) is 0. The fourth-order valence-electron chi connectivity index (χ4n) is 2.03. The van der Waals surface area contributed by atoms with E-state index in [9.17, 15) is 4.39 Å². The normalized spacial score (nSPS) is 12.0. The number of ether oxygens (including phenoxy) is 1. The summed E-state index contributed by atoms with van der Waals surface area (Å²) in [6.07, 6.45) is 1.15. The van der Waals surface area contributed by atoms with Crippen LogP contribution in [0, 0.1) is 12.7 Å². The largest absolute Gasteiger partial charge is 0.491 e. The maximum Gasteiger partial charge on any atom is 0.128 e. The van der Waals surface area contributed by atoms with Crippen LogP contribution < -0.4 is 10.1 Å². The van der Waals surface area contributed by atoms with Crippen LogP contribution in [0.1, 0.15) is 31.4 Å². The summed E-state index contributed by atoms with van der Waals surface area (Å²) in [5, 5.41) is 3.24. The van der Waals surface area contributed by atoms with Crippen molar-refractivity contribution in [2.75, 3.05) is 5.32 Å². The summed E-state index contributed by atoms with van der Waals surface area (Å²) in [5.41, 5.74) is 2.65. The Balaban J connectivity index is 2.03. The number of benzene rings is 2. The predicted molar refractivity (Wildman–Crippen MR) is 85.3 cm³/mol. The SMILES string of the molecule is CCC(C)Oc1cccc(NCc2cc(C)ccc2F)c1. The Kier molecular flexibility index (Phi) is 5.20. The Morgan fingerprint density at radius 3 is 2.76 bits per heavy atom. The second kappa shape index (κ2) is 7.11. The third-order valence-corrected chi connectivity index (χ3v) is 3.43. The quantitative estimate of drug-likeness (QED) is 0.814. The molecule has 2 aromatic rings. The van der Waals surface area contributed by atoms with Crippen LogP contribution >= 0.6 is 0 Å². The average Bonchev–Trinajstić information content (AvgIpc) is 2.48. The smallest absolute Gasteiger partial charge is 0.128 e. The van der Waals surface area contributed by atoms with E-state index < -0.39 is 0 Å². The van der Waals surface area contributed by atoms with E-state index in [1.165, 1.54) is 6.07 Å². The zero-order valence-electron chi connectivity index (χ0n) is 12.8. The lowest BCUT2D eigenvalue weighted by atomic mass is 10.1. The van der Waals surface area contributed by atoms with E-state index >= 15 is 0 Å². The van der Waals surface area contributed by atoms with Crippen molar-refractivity contribution >= 4 is 5.69 Å². The molecule has 0 aliphatic heterocycles. The van der Waals surface area contributed by atoms with Crippen molar-refractivity contribution in [3.63, 3.8) is 0 Å². The van der Waals surface area contributed by atoms with Crippen LogP contribution in [0.4, 0.5) is 10.1 Å². The molecule has 0 saturated heterocycles. The number of hydrogen-bond acceptors (Lipinski definition) is 2. The van der Waals surface area contributed by atoms with Crippen LogP contribution in [0.25, 0.3) is 0 Å². The Labute approximate surface area is 126 Å². The van der Waals surface area contributed by atoms with Crippen molar-refractivity contribution < 1.29 is 9.13 Å². The lowest BCUT2D eigenvalue weighted by molar-refractivity contribution is 0.217. The van der Waals surface area contributed by atoms with Crippen LogP contribution in [-0.4, -0.2) is 6.10 Å². The highest BCUT2D eigenvalue weighted by Crippen LogP contribution is 2.20. The zero-order chi connectivity index (χ0) is 15.2. The Morgan fingerprint density at radius 2 is 2.00 bits per heavy atom. The minimum Gasteiger partial charge on any atom is -0.491 e. The number of aryl methyl sites for hydroxylation is 1. The highest BCUT2D eigenvalue weighted by molar-refractivity contribution is 5.48. The molecule has 1 unspecified atom stereocenters. The van der Waals surface area contributed by atoms with Gasteiger partial charge in [-0.3, -0.25) is 0 Å². The van der Waals surface area contributed by atoms with E-state index in [0.717, 1.165) is 23.4 Å². The van der Waals surface area contributed by atoms with Gasteiger partial charge in [0.15, 0.2) is 0 Å². The van der Waals surface area contributed by atoms with Gasteiger partial charge in [-0.15, -0.1) is 0 Å². The standard InChI is InChI=1S/C18H22FNO/c1-4-14(3)21-17-7-5-6-16(11-17)20-12-15-10-13(2)8-9-18(15)19/h5-11,14,20H,4,12H2,1-3H3. The first-order valence-corrected chi connectivity index (χ1v) is 7.34. The minimum absolute atomic E-state index is 0.180. The van der Waals surface area contributed by atoms with Crippen molar-refractivity contribution in [2.24, 2.45) is 0 Å². The highest BCUT2D eigenvalue weighted by atomic mass is 19.1. The molecule has 1 atom stereocenters. The van der Waals surface area contributed by atoms with Gasteiger partial charge in [-0.25, -0.2) is 4.39 Å². The van der Waals surface area contributed by atoms with E-state index in [4.69, 9.17) is 4.74 Å². The summed E-state index contributed by atoms with van der Waals surface area (Å²) in [5.74, 6) is 0.652. The van der Waals surface area contributed by atoms with Gasteiger partial charge in [0.2, 0.25) is 0 Å². The molecule has 112 valence electrons. The second-order valence-corrected chi connectivity index (χ2v) is 5.31. The Morgan fingerprint density at radius 1 is 1.19 bits per heavy atom. The van der Waals surface area contributed by atoms with Crippen molar-refractivity contribution in [1.29, 1.82) is 0 Å². The minimum atomic E-state index is -0.180. The summed E-state index contributed by atoms with van der Waals surface area (Å²) in [6, 6.07) is 12.9. The highest BCUT2D eigenvalue weighted by Gasteiger charge is 2.04. The summed E-state index contributed by atoms with van der Waals surface area (Å²) in [6.45, 7) is 6.55. The van der Waals surface area contributed by atoms with Gasteiger partial charge in [-0.1, -0.05) is 30.7 Å². The second-order valence-electron chi connectivity index (χ2n) is 5.31. The maximum absolute atomic E-state index is 13.7. The molecule has 2 rings (SSSR count). The molecule has 3 heteroatoms. The molecule has 0 saturated carbocycles. The van der Waals surface area contributed by atoms with Crippen LogP contribution in [0.3, 0.4) is 0 Å². The van der Waals surface area contributed by atoms with Crippen LogP contribution in [0.2, 0.25) is 0 Å². The molecule has 0 aromatic heterocycles. The lowest BCUT2D eigenvalue weighted by Gasteiger charge is -2.14. The fraction of sp³-hybridized carbons (Fsp3) is 0.333. The van der Waals surface area contributed by atoms with E-state index in [2.05, 4.69) is 12.2 Å². The van der Waals surface area contributed by atoms with Gasteiger partial charge in [0.25, 0.3) is 0 Å². The maximum atomic E-state index is 13.7. The predicted octanol–water partition coefficient (Wildman–Crippen LogP) is 4.92. The van der Waals surface area contributed by atoms with Crippen molar-refractivity contribution in [3.05, 3.63) is 59.4 Å². The first-order chi connectivity index (χ1) is 10.1. The molecule has 0 aliphatic carbocycles. The van der Waals surface area contributed by atoms with Gasteiger partial charge in [0.05, 0.1) is 6.10 Å². The monoisotopic (exact) mass is 287 g/mol.